The molecule has 1 aromatic heterocycles. The first-order valence-corrected chi connectivity index (χ1v) is 7.61. The van der Waals surface area contributed by atoms with Crippen molar-refractivity contribution in [2.75, 3.05) is 6.54 Å². The van der Waals surface area contributed by atoms with Crippen LogP contribution in [0, 0.1) is 6.92 Å². The molecule has 8 heteroatoms. The fourth-order valence-corrected chi connectivity index (χ4v) is 2.78. The Kier molecular flexibility index (Phi) is 3.88. The van der Waals surface area contributed by atoms with Crippen LogP contribution in [0.2, 0.25) is 5.02 Å². The normalized spacial score (nSPS) is 15.0. The summed E-state index contributed by atoms with van der Waals surface area (Å²) in [4.78, 5) is 49.4. The van der Waals surface area contributed by atoms with Gasteiger partial charge in [0.2, 0.25) is 0 Å². The molecular formula is C16H13ClN2O5. The molecule has 3 rings (SSSR count). The second kappa shape index (κ2) is 5.76. The van der Waals surface area contributed by atoms with E-state index in [-0.39, 0.29) is 13.1 Å². The highest BCUT2D eigenvalue weighted by Crippen LogP contribution is 2.27. The highest BCUT2D eigenvalue weighted by Gasteiger charge is 2.43. The van der Waals surface area contributed by atoms with Crippen molar-refractivity contribution in [3.8, 4) is 0 Å². The third kappa shape index (κ3) is 2.46. The number of hydrogen-bond acceptors (Lipinski definition) is 5. The Hall–Kier alpha value is -2.67. The summed E-state index contributed by atoms with van der Waals surface area (Å²) in [5.41, 5.74) is 0.801. The van der Waals surface area contributed by atoms with E-state index in [2.05, 4.69) is 0 Å². The van der Waals surface area contributed by atoms with Gasteiger partial charge < -0.3 is 4.42 Å². The van der Waals surface area contributed by atoms with Gasteiger partial charge in [-0.25, -0.2) is 9.59 Å². The van der Waals surface area contributed by atoms with Crippen molar-refractivity contribution >= 4 is 40.4 Å². The number of aryl methyl sites for hydroxylation is 1. The first kappa shape index (κ1) is 16.2. The van der Waals surface area contributed by atoms with Gasteiger partial charge in [0.15, 0.2) is 0 Å². The third-order valence-electron chi connectivity index (χ3n) is 3.89. The van der Waals surface area contributed by atoms with Crippen LogP contribution in [0.5, 0.6) is 0 Å². The molecule has 2 heterocycles. The van der Waals surface area contributed by atoms with Crippen molar-refractivity contribution < 1.29 is 18.8 Å². The summed E-state index contributed by atoms with van der Waals surface area (Å²) in [7, 11) is 0. The molecular weight excluding hydrogens is 336 g/mol. The van der Waals surface area contributed by atoms with E-state index in [1.165, 1.54) is 6.07 Å². The van der Waals surface area contributed by atoms with Gasteiger partial charge in [-0.15, -0.1) is 0 Å². The van der Waals surface area contributed by atoms with Crippen molar-refractivity contribution in [2.24, 2.45) is 0 Å². The Morgan fingerprint density at radius 1 is 1.04 bits per heavy atom. The standard InChI is InChI=1S/C16H13ClN2O5/c1-3-18-14(21)15(22)19(16(18)23)7-9-5-13(20)24-12-4-8(2)11(17)6-10(9)12/h4-6H,3,7H2,1-2H3. The van der Waals surface area contributed by atoms with Crippen molar-refractivity contribution in [2.45, 2.75) is 20.4 Å². The monoisotopic (exact) mass is 348 g/mol. The van der Waals surface area contributed by atoms with Crippen LogP contribution >= 0.6 is 11.6 Å². The molecule has 0 radical (unpaired) electrons. The molecule has 1 aliphatic heterocycles. The highest BCUT2D eigenvalue weighted by atomic mass is 35.5. The second-order valence-corrected chi connectivity index (χ2v) is 5.82. The molecule has 2 aromatic rings. The van der Waals surface area contributed by atoms with Gasteiger partial charge in [-0.2, -0.15) is 0 Å². The maximum atomic E-state index is 12.2. The third-order valence-corrected chi connectivity index (χ3v) is 4.30. The van der Waals surface area contributed by atoms with E-state index in [4.69, 9.17) is 16.0 Å². The summed E-state index contributed by atoms with van der Waals surface area (Å²) in [6.07, 6.45) is 0. The number of nitrogens with zero attached hydrogens (tertiary/aromatic N) is 2. The molecule has 4 amide bonds. The molecule has 1 aliphatic rings. The molecule has 0 spiro atoms. The van der Waals surface area contributed by atoms with E-state index in [1.54, 1.807) is 26.0 Å². The lowest BCUT2D eigenvalue weighted by atomic mass is 10.1. The van der Waals surface area contributed by atoms with Gasteiger partial charge in [0.05, 0.1) is 6.54 Å². The molecule has 0 aliphatic carbocycles. The number of carbonyl (C=O) groups is 3. The quantitative estimate of drug-likeness (QED) is 0.481. The Morgan fingerprint density at radius 2 is 1.71 bits per heavy atom. The second-order valence-electron chi connectivity index (χ2n) is 5.41. The molecule has 0 bridgehead atoms. The fraction of sp³-hybridized carbons (Fsp3) is 0.250. The van der Waals surface area contributed by atoms with Crippen LogP contribution in [0.3, 0.4) is 0 Å². The molecule has 1 fully saturated rings. The lowest BCUT2D eigenvalue weighted by Gasteiger charge is -2.15. The van der Waals surface area contributed by atoms with Crippen molar-refractivity contribution in [3.05, 3.63) is 44.8 Å². The molecule has 1 saturated heterocycles. The molecule has 0 atom stereocenters. The van der Waals surface area contributed by atoms with E-state index in [1.807, 2.05) is 0 Å². The largest absolute Gasteiger partial charge is 0.423 e. The molecule has 0 saturated carbocycles. The van der Waals surface area contributed by atoms with Gasteiger partial charge in [-0.05, 0) is 37.1 Å². The Balaban J connectivity index is 2.09. The average Bonchev–Trinajstić information content (AvgIpc) is 2.72. The summed E-state index contributed by atoms with van der Waals surface area (Å²) in [6, 6.07) is 3.70. The van der Waals surface area contributed by atoms with Crippen molar-refractivity contribution in [1.82, 2.24) is 9.80 Å². The number of halogens is 1. The van der Waals surface area contributed by atoms with E-state index < -0.39 is 23.5 Å². The van der Waals surface area contributed by atoms with Crippen molar-refractivity contribution in [3.63, 3.8) is 0 Å². The molecule has 0 N–H and O–H groups in total. The van der Waals surface area contributed by atoms with Crippen LogP contribution in [0.1, 0.15) is 18.1 Å². The molecule has 1 aromatic carbocycles. The van der Waals surface area contributed by atoms with Gasteiger partial charge in [-0.1, -0.05) is 11.6 Å². The van der Waals surface area contributed by atoms with Crippen LogP contribution in [-0.4, -0.2) is 34.2 Å². The molecule has 124 valence electrons. The number of fused-ring (bicyclic) bond motifs is 1. The Bertz CT molecular complexity index is 949. The lowest BCUT2D eigenvalue weighted by Crippen LogP contribution is -2.33. The summed E-state index contributed by atoms with van der Waals surface area (Å²) >= 11 is 6.11. The van der Waals surface area contributed by atoms with Crippen LogP contribution in [0.25, 0.3) is 11.0 Å². The zero-order valence-corrected chi connectivity index (χ0v) is 13.7. The van der Waals surface area contributed by atoms with Gasteiger partial charge in [0.1, 0.15) is 5.58 Å². The van der Waals surface area contributed by atoms with Crippen LogP contribution < -0.4 is 5.63 Å². The summed E-state index contributed by atoms with van der Waals surface area (Å²) in [6.45, 7) is 3.26. The van der Waals surface area contributed by atoms with E-state index in [0.29, 0.717) is 21.6 Å². The lowest BCUT2D eigenvalue weighted by molar-refractivity contribution is -0.143. The smallest absolute Gasteiger partial charge is 0.336 e. The number of urea groups is 1. The van der Waals surface area contributed by atoms with Gasteiger partial charge in [0.25, 0.3) is 0 Å². The SMILES string of the molecule is CCN1C(=O)C(=O)N(Cc2cc(=O)oc3cc(C)c(Cl)cc23)C1=O. The summed E-state index contributed by atoms with van der Waals surface area (Å²) in [5.74, 6) is -1.79. The predicted molar refractivity (Wildman–Crippen MR) is 85.6 cm³/mol. The topological polar surface area (TPSA) is 87.9 Å². The molecule has 0 unspecified atom stereocenters. The van der Waals surface area contributed by atoms with Gasteiger partial charge >= 0.3 is 23.5 Å². The number of likely N-dealkylation sites (N-methyl/N-ethyl adjacent to an activating group) is 1. The minimum atomic E-state index is -0.915. The number of hydrogen-bond donors (Lipinski definition) is 0. The van der Waals surface area contributed by atoms with Crippen LogP contribution in [0.4, 0.5) is 4.79 Å². The Morgan fingerprint density at radius 3 is 2.33 bits per heavy atom. The first-order chi connectivity index (χ1) is 11.3. The molecule has 24 heavy (non-hydrogen) atoms. The summed E-state index contributed by atoms with van der Waals surface area (Å²) in [5, 5.41) is 0.969. The minimum absolute atomic E-state index is 0.0998. The van der Waals surface area contributed by atoms with Crippen molar-refractivity contribution in [1.29, 1.82) is 0 Å². The van der Waals surface area contributed by atoms with Gasteiger partial charge in [0, 0.05) is 23.0 Å². The zero-order chi connectivity index (χ0) is 17.6. The highest BCUT2D eigenvalue weighted by molar-refractivity contribution is 6.44. The number of carbonyl (C=O) groups excluding carboxylic acids is 3. The minimum Gasteiger partial charge on any atom is -0.423 e. The fourth-order valence-electron chi connectivity index (χ4n) is 2.62. The predicted octanol–water partition coefficient (Wildman–Crippen LogP) is 2.07. The number of rotatable bonds is 3. The zero-order valence-electron chi connectivity index (χ0n) is 13.0. The summed E-state index contributed by atoms with van der Waals surface area (Å²) < 4.78 is 5.14. The first-order valence-electron chi connectivity index (χ1n) is 7.23. The van der Waals surface area contributed by atoms with Gasteiger partial charge in [-0.3, -0.25) is 19.4 Å². The number of benzene rings is 1. The maximum absolute atomic E-state index is 12.2. The molecule has 7 nitrogen and oxygen atoms in total. The van der Waals surface area contributed by atoms with E-state index >= 15 is 0 Å². The van der Waals surface area contributed by atoms with Crippen LogP contribution in [0.15, 0.2) is 27.4 Å². The van der Waals surface area contributed by atoms with E-state index in [0.717, 1.165) is 15.4 Å². The number of amides is 4. The number of imide groups is 2. The van der Waals surface area contributed by atoms with Crippen LogP contribution in [-0.2, 0) is 16.1 Å². The average molecular weight is 349 g/mol. The van der Waals surface area contributed by atoms with E-state index in [9.17, 15) is 19.2 Å². The maximum Gasteiger partial charge on any atom is 0.336 e. The Labute approximate surface area is 141 Å².